The number of fused-ring (bicyclic) bond motifs is 1. The van der Waals surface area contributed by atoms with E-state index in [0.717, 1.165) is 49.8 Å². The Morgan fingerprint density at radius 3 is 2.88 bits per heavy atom. The minimum Gasteiger partial charge on any atom is -0.380 e. The van der Waals surface area contributed by atoms with Gasteiger partial charge in [0, 0.05) is 32.3 Å². The molecule has 0 bridgehead atoms. The normalized spacial score (nSPS) is 27.0. The van der Waals surface area contributed by atoms with Crippen molar-refractivity contribution in [2.45, 2.75) is 43.9 Å². The zero-order chi connectivity index (χ0) is 17.2. The highest BCUT2D eigenvalue weighted by Gasteiger charge is 2.37. The lowest BCUT2D eigenvalue weighted by atomic mass is 10.1. The molecule has 1 amide bonds. The summed E-state index contributed by atoms with van der Waals surface area (Å²) in [5.41, 5.74) is 1.95. The van der Waals surface area contributed by atoms with Gasteiger partial charge in [0.25, 0.3) is 5.91 Å². The van der Waals surface area contributed by atoms with Crippen LogP contribution in [0.4, 0.5) is 0 Å². The van der Waals surface area contributed by atoms with E-state index in [9.17, 15) is 4.79 Å². The van der Waals surface area contributed by atoms with Crippen molar-refractivity contribution in [3.8, 4) is 0 Å². The van der Waals surface area contributed by atoms with E-state index in [1.165, 1.54) is 0 Å². The number of hydrogen-bond acceptors (Lipinski definition) is 5. The van der Waals surface area contributed by atoms with Crippen LogP contribution in [0, 0.1) is 0 Å². The Kier molecular flexibility index (Phi) is 4.63. The SMILES string of the molecule is COC1CCN([C@H]2CCC[C@H]2NC(=O)c2cnc3ccccc3n2)C1. The maximum atomic E-state index is 12.7. The lowest BCUT2D eigenvalue weighted by molar-refractivity contribution is 0.0869. The van der Waals surface area contributed by atoms with Crippen LogP contribution in [0.2, 0.25) is 0 Å². The minimum absolute atomic E-state index is 0.127. The molecule has 1 saturated heterocycles. The van der Waals surface area contributed by atoms with Gasteiger partial charge in [-0.25, -0.2) is 4.98 Å². The number of carbonyl (C=O) groups excluding carboxylic acids is 1. The molecular weight excluding hydrogens is 316 g/mol. The Morgan fingerprint density at radius 2 is 2.08 bits per heavy atom. The van der Waals surface area contributed by atoms with Crippen LogP contribution in [0.1, 0.15) is 36.2 Å². The van der Waals surface area contributed by atoms with Crippen LogP contribution in [0.3, 0.4) is 0 Å². The van der Waals surface area contributed by atoms with Crippen LogP contribution < -0.4 is 5.32 Å². The molecule has 1 saturated carbocycles. The molecule has 1 aliphatic carbocycles. The summed E-state index contributed by atoms with van der Waals surface area (Å²) in [5.74, 6) is -0.127. The van der Waals surface area contributed by atoms with E-state index in [1.807, 2.05) is 24.3 Å². The Hall–Kier alpha value is -2.05. The number of hydrogen-bond donors (Lipinski definition) is 1. The van der Waals surface area contributed by atoms with Crippen molar-refractivity contribution in [2.75, 3.05) is 20.2 Å². The fourth-order valence-corrected chi connectivity index (χ4v) is 4.10. The number of para-hydroxylation sites is 2. The van der Waals surface area contributed by atoms with E-state index in [-0.39, 0.29) is 11.9 Å². The molecule has 1 unspecified atom stereocenters. The molecule has 2 fully saturated rings. The molecule has 6 nitrogen and oxygen atoms in total. The van der Waals surface area contributed by atoms with Crippen molar-refractivity contribution in [1.82, 2.24) is 20.2 Å². The topological polar surface area (TPSA) is 67.3 Å². The first-order valence-electron chi connectivity index (χ1n) is 9.04. The summed E-state index contributed by atoms with van der Waals surface area (Å²) in [6.45, 7) is 2.01. The average Bonchev–Trinajstić information content (AvgIpc) is 3.30. The third-order valence-electron chi connectivity index (χ3n) is 5.46. The van der Waals surface area contributed by atoms with Gasteiger partial charge in [-0.3, -0.25) is 14.7 Å². The van der Waals surface area contributed by atoms with Crippen molar-refractivity contribution in [3.05, 3.63) is 36.2 Å². The molecule has 1 aliphatic heterocycles. The predicted octanol–water partition coefficient (Wildman–Crippen LogP) is 2.00. The molecule has 2 heterocycles. The van der Waals surface area contributed by atoms with E-state index in [2.05, 4.69) is 20.2 Å². The molecule has 1 N–H and O–H groups in total. The predicted molar refractivity (Wildman–Crippen MR) is 95.4 cm³/mol. The number of methoxy groups -OCH3 is 1. The Labute approximate surface area is 147 Å². The van der Waals surface area contributed by atoms with E-state index in [4.69, 9.17) is 4.74 Å². The number of aromatic nitrogens is 2. The van der Waals surface area contributed by atoms with Gasteiger partial charge >= 0.3 is 0 Å². The highest BCUT2D eigenvalue weighted by molar-refractivity contribution is 5.94. The second kappa shape index (κ2) is 7.06. The number of nitrogens with one attached hydrogen (secondary N) is 1. The van der Waals surface area contributed by atoms with Crippen molar-refractivity contribution in [1.29, 1.82) is 0 Å². The first kappa shape index (κ1) is 16.4. The highest BCUT2D eigenvalue weighted by atomic mass is 16.5. The Bertz CT molecular complexity index is 766. The number of ether oxygens (including phenoxy) is 1. The number of likely N-dealkylation sites (tertiary alicyclic amines) is 1. The summed E-state index contributed by atoms with van der Waals surface area (Å²) < 4.78 is 5.48. The second-order valence-corrected chi connectivity index (χ2v) is 6.96. The lowest BCUT2D eigenvalue weighted by Gasteiger charge is -2.29. The molecule has 1 aromatic carbocycles. The van der Waals surface area contributed by atoms with E-state index < -0.39 is 0 Å². The van der Waals surface area contributed by atoms with Crippen molar-refractivity contribution >= 4 is 16.9 Å². The zero-order valence-corrected chi connectivity index (χ0v) is 14.5. The molecule has 2 aromatic rings. The third kappa shape index (κ3) is 3.37. The highest BCUT2D eigenvalue weighted by Crippen LogP contribution is 2.28. The number of rotatable bonds is 4. The van der Waals surface area contributed by atoms with Gasteiger partial charge in [0.15, 0.2) is 0 Å². The van der Waals surface area contributed by atoms with Gasteiger partial charge < -0.3 is 10.1 Å². The summed E-state index contributed by atoms with van der Waals surface area (Å²) in [4.78, 5) is 23.9. The Balaban J connectivity index is 1.45. The number of carbonyl (C=O) groups is 1. The van der Waals surface area contributed by atoms with Gasteiger partial charge in [0.05, 0.1) is 23.3 Å². The number of nitrogens with zero attached hydrogens (tertiary/aromatic N) is 3. The minimum atomic E-state index is -0.127. The molecule has 2 aliphatic rings. The number of amides is 1. The zero-order valence-electron chi connectivity index (χ0n) is 14.5. The van der Waals surface area contributed by atoms with Gasteiger partial charge in [0.1, 0.15) is 5.69 Å². The van der Waals surface area contributed by atoms with Gasteiger partial charge in [-0.1, -0.05) is 12.1 Å². The number of benzene rings is 1. The molecule has 0 radical (unpaired) electrons. The molecular formula is C19H24N4O2. The maximum absolute atomic E-state index is 12.7. The molecule has 4 rings (SSSR count). The van der Waals surface area contributed by atoms with Crippen LogP contribution in [-0.2, 0) is 4.74 Å². The second-order valence-electron chi connectivity index (χ2n) is 6.96. The monoisotopic (exact) mass is 340 g/mol. The molecule has 132 valence electrons. The van der Waals surface area contributed by atoms with Gasteiger partial charge in [-0.2, -0.15) is 0 Å². The van der Waals surface area contributed by atoms with Crippen LogP contribution in [0.15, 0.2) is 30.5 Å². The van der Waals surface area contributed by atoms with Crippen LogP contribution in [0.5, 0.6) is 0 Å². The van der Waals surface area contributed by atoms with E-state index in [1.54, 1.807) is 13.3 Å². The smallest absolute Gasteiger partial charge is 0.271 e. The summed E-state index contributed by atoms with van der Waals surface area (Å²) in [7, 11) is 1.78. The molecule has 3 atom stereocenters. The summed E-state index contributed by atoms with van der Waals surface area (Å²) >= 11 is 0. The van der Waals surface area contributed by atoms with Crippen LogP contribution in [0.25, 0.3) is 11.0 Å². The quantitative estimate of drug-likeness (QED) is 0.922. The van der Waals surface area contributed by atoms with Gasteiger partial charge in [0.2, 0.25) is 0 Å². The molecule has 0 spiro atoms. The van der Waals surface area contributed by atoms with Gasteiger partial charge in [-0.05, 0) is 37.8 Å². The average molecular weight is 340 g/mol. The fourth-order valence-electron chi connectivity index (χ4n) is 4.10. The maximum Gasteiger partial charge on any atom is 0.271 e. The first-order valence-corrected chi connectivity index (χ1v) is 9.04. The summed E-state index contributed by atoms with van der Waals surface area (Å²) in [5, 5.41) is 3.20. The van der Waals surface area contributed by atoms with E-state index in [0.29, 0.717) is 17.8 Å². The first-order chi connectivity index (χ1) is 12.2. The van der Waals surface area contributed by atoms with Crippen LogP contribution in [-0.4, -0.2) is 59.2 Å². The summed E-state index contributed by atoms with van der Waals surface area (Å²) in [6, 6.07) is 8.19. The fraction of sp³-hybridized carbons (Fsp3) is 0.526. The van der Waals surface area contributed by atoms with Crippen LogP contribution >= 0.6 is 0 Å². The lowest BCUT2D eigenvalue weighted by Crippen LogP contribution is -2.48. The standard InChI is InChI=1S/C19H24N4O2/c1-25-13-9-10-23(12-13)18-8-4-7-16(18)22-19(24)17-11-20-14-5-2-3-6-15(14)21-17/h2-3,5-6,11,13,16,18H,4,7-10,12H2,1H3,(H,22,24)/t13?,16-,18+/m1/s1. The Morgan fingerprint density at radius 1 is 1.24 bits per heavy atom. The van der Waals surface area contributed by atoms with Crippen molar-refractivity contribution < 1.29 is 9.53 Å². The largest absolute Gasteiger partial charge is 0.380 e. The third-order valence-corrected chi connectivity index (χ3v) is 5.46. The molecule has 1 aromatic heterocycles. The summed E-state index contributed by atoms with van der Waals surface area (Å²) in [6.07, 6.45) is 6.26. The molecule has 6 heteroatoms. The molecule has 25 heavy (non-hydrogen) atoms. The van der Waals surface area contributed by atoms with Crippen molar-refractivity contribution in [2.24, 2.45) is 0 Å². The van der Waals surface area contributed by atoms with Crippen molar-refractivity contribution in [3.63, 3.8) is 0 Å². The van der Waals surface area contributed by atoms with Gasteiger partial charge in [-0.15, -0.1) is 0 Å². The van der Waals surface area contributed by atoms with E-state index >= 15 is 0 Å².